The summed E-state index contributed by atoms with van der Waals surface area (Å²) >= 11 is 4.13. The summed E-state index contributed by atoms with van der Waals surface area (Å²) in [6, 6.07) is 0. The molecule has 0 aromatic rings. The Kier molecular flexibility index (Phi) is 9.22. The molecule has 0 N–H and O–H groups in total. The summed E-state index contributed by atoms with van der Waals surface area (Å²) in [7, 11) is -1.82. The molecule has 162 valence electrons. The number of rotatable bonds is 2. The molecular formula is C24H32Cl2S2SiZr. The molecule has 0 bridgehead atoms. The second-order valence-electron chi connectivity index (χ2n) is 10.7. The Morgan fingerprint density at radius 3 is 1.33 bits per heavy atom. The van der Waals surface area contributed by atoms with E-state index in [-0.39, 0.29) is 61.8 Å². The number of fused-ring (bicyclic) bond motifs is 2. The Labute approximate surface area is 224 Å². The zero-order chi connectivity index (χ0) is 19.8. The van der Waals surface area contributed by atoms with E-state index in [0.29, 0.717) is 11.8 Å². The third-order valence-corrected chi connectivity index (χ3v) is 13.5. The van der Waals surface area contributed by atoms with Gasteiger partial charge in [-0.1, -0.05) is 125 Å². The van der Waals surface area contributed by atoms with Crippen molar-refractivity contribution < 1.29 is 51.0 Å². The van der Waals surface area contributed by atoms with Gasteiger partial charge in [-0.3, -0.25) is 0 Å². The molecule has 0 saturated heterocycles. The number of thioether (sulfide) groups is 2. The fraction of sp³-hybridized carbons (Fsp3) is 0.500. The van der Waals surface area contributed by atoms with Gasteiger partial charge in [0.25, 0.3) is 0 Å². The average molecular weight is 575 g/mol. The van der Waals surface area contributed by atoms with E-state index in [1.165, 1.54) is 0 Å². The Morgan fingerprint density at radius 1 is 0.700 bits per heavy atom. The van der Waals surface area contributed by atoms with Crippen LogP contribution < -0.4 is 24.8 Å². The largest absolute Gasteiger partial charge is 2.00 e. The Balaban J connectivity index is 0.00000150. The molecular weight excluding hydrogens is 543 g/mol. The zero-order valence-electron chi connectivity index (χ0n) is 19.2. The molecule has 2 aliphatic carbocycles. The summed E-state index contributed by atoms with van der Waals surface area (Å²) in [5.74, 6) is 1.06. The maximum Gasteiger partial charge on any atom is 2.00 e. The van der Waals surface area contributed by atoms with Gasteiger partial charge in [-0.15, -0.1) is 0 Å². The van der Waals surface area contributed by atoms with E-state index in [2.05, 4.69) is 115 Å². The third kappa shape index (κ3) is 4.71. The van der Waals surface area contributed by atoms with E-state index in [9.17, 15) is 0 Å². The topological polar surface area (TPSA) is 0 Å². The molecule has 2 aliphatic heterocycles. The second-order valence-corrected chi connectivity index (χ2v) is 17.2. The molecule has 30 heavy (non-hydrogen) atoms. The molecule has 0 aromatic heterocycles. The van der Waals surface area contributed by atoms with Gasteiger partial charge >= 0.3 is 26.2 Å². The van der Waals surface area contributed by atoms with Crippen LogP contribution in [0.2, 0.25) is 13.1 Å². The van der Waals surface area contributed by atoms with Gasteiger partial charge in [-0.25, -0.2) is 0 Å². The van der Waals surface area contributed by atoms with E-state index in [0.717, 1.165) is 0 Å². The van der Waals surface area contributed by atoms with Crippen LogP contribution in [0.25, 0.3) is 0 Å². The molecule has 6 heteroatoms. The quantitative estimate of drug-likeness (QED) is 0.463. The van der Waals surface area contributed by atoms with Gasteiger partial charge in [0.2, 0.25) is 0 Å². The molecule has 0 nitrogen and oxygen atoms in total. The number of hydrogen-bond donors (Lipinski definition) is 0. The van der Waals surface area contributed by atoms with Gasteiger partial charge in [-0.05, 0) is 20.6 Å². The third-order valence-electron chi connectivity index (χ3n) is 6.00. The predicted octanol–water partition coefficient (Wildman–Crippen LogP) is 2.01. The normalized spacial score (nSPS) is 24.8. The summed E-state index contributed by atoms with van der Waals surface area (Å²) in [6.07, 6.45) is 14.2. The first-order valence-corrected chi connectivity index (χ1v) is 14.7. The molecule has 0 amide bonds. The van der Waals surface area contributed by atoms with Gasteiger partial charge < -0.3 is 24.8 Å². The fourth-order valence-corrected chi connectivity index (χ4v) is 13.6. The Morgan fingerprint density at radius 2 is 1.03 bits per heavy atom. The predicted molar refractivity (Wildman–Crippen MR) is 127 cm³/mol. The summed E-state index contributed by atoms with van der Waals surface area (Å²) < 4.78 is 0. The van der Waals surface area contributed by atoms with Crippen molar-refractivity contribution in [3.05, 3.63) is 66.5 Å². The first-order valence-electron chi connectivity index (χ1n) is 10.0. The fourth-order valence-electron chi connectivity index (χ4n) is 4.82. The first-order chi connectivity index (χ1) is 12.4. The van der Waals surface area contributed by atoms with Crippen LogP contribution >= 0.6 is 23.5 Å². The molecule has 0 spiro atoms. The minimum absolute atomic E-state index is 0. The molecule has 0 fully saturated rings. The smallest absolute Gasteiger partial charge is 1.00 e. The van der Waals surface area contributed by atoms with Crippen LogP contribution in [-0.2, 0) is 26.2 Å². The summed E-state index contributed by atoms with van der Waals surface area (Å²) in [6.45, 7) is 19.6. The molecule has 4 aliphatic rings. The van der Waals surface area contributed by atoms with Crippen LogP contribution in [0.3, 0.4) is 0 Å². The molecule has 0 aromatic carbocycles. The van der Waals surface area contributed by atoms with Crippen LogP contribution in [0.15, 0.2) is 66.5 Å². The van der Waals surface area contributed by atoms with Gasteiger partial charge in [0.1, 0.15) is 8.07 Å². The van der Waals surface area contributed by atoms with E-state index in [1.54, 1.807) is 30.0 Å². The van der Waals surface area contributed by atoms with E-state index in [4.69, 9.17) is 0 Å². The summed E-state index contributed by atoms with van der Waals surface area (Å²) in [5.41, 5.74) is 0.420. The van der Waals surface area contributed by atoms with Crippen LogP contribution in [0.1, 0.15) is 41.5 Å². The van der Waals surface area contributed by atoms with Crippen molar-refractivity contribution in [3.63, 3.8) is 0 Å². The average Bonchev–Trinajstić information content (AvgIpc) is 3.23. The standard InChI is InChI=1S/C24H32S2Si.2ClH.Zr/c1-23(2,3)21-19(15-11-9-13-17(15)25-21)27(7,8)20-16-12-10-14-18(16)26-22(20)24(4,5)6;;;/h9-16H,1-8H3;2*1H;/q;;;+2/p-2. The van der Waals surface area contributed by atoms with Gasteiger partial charge in [0, 0.05) is 21.6 Å². The maximum atomic E-state index is 2.63. The van der Waals surface area contributed by atoms with Gasteiger partial charge in [0.05, 0.1) is 0 Å². The molecule has 0 saturated carbocycles. The van der Waals surface area contributed by atoms with Crippen molar-refractivity contribution in [1.82, 2.24) is 0 Å². The molecule has 0 radical (unpaired) electrons. The number of halogens is 2. The van der Waals surface area contributed by atoms with Crippen molar-refractivity contribution in [2.45, 2.75) is 54.6 Å². The SMILES string of the molecule is CC(C)(C)C1=C([Si](C)(C)C2=C(C(C)(C)C)SC3=CC=CC32)C2C=CC=C2S1.[Cl-].[Cl-].[Zr+2]. The molecule has 2 unspecified atom stereocenters. The van der Waals surface area contributed by atoms with Crippen molar-refractivity contribution in [1.29, 1.82) is 0 Å². The molecule has 4 rings (SSSR count). The minimum Gasteiger partial charge on any atom is -1.00 e. The maximum absolute atomic E-state index is 2.63. The molecule has 2 atom stereocenters. The van der Waals surface area contributed by atoms with Crippen molar-refractivity contribution in [2.24, 2.45) is 22.7 Å². The summed E-state index contributed by atoms with van der Waals surface area (Å²) in [5, 5.41) is 3.55. The second kappa shape index (κ2) is 9.59. The summed E-state index contributed by atoms with van der Waals surface area (Å²) in [4.78, 5) is 6.39. The Bertz CT molecular complexity index is 821. The monoisotopic (exact) mass is 572 g/mol. The van der Waals surface area contributed by atoms with Crippen molar-refractivity contribution in [2.75, 3.05) is 0 Å². The van der Waals surface area contributed by atoms with E-state index < -0.39 is 8.07 Å². The van der Waals surface area contributed by atoms with Crippen molar-refractivity contribution in [3.8, 4) is 0 Å². The van der Waals surface area contributed by atoms with Gasteiger partial charge in [-0.2, -0.15) is 0 Å². The van der Waals surface area contributed by atoms with Crippen LogP contribution in [0.5, 0.6) is 0 Å². The van der Waals surface area contributed by atoms with Crippen molar-refractivity contribution >= 4 is 31.6 Å². The number of hydrogen-bond acceptors (Lipinski definition) is 2. The van der Waals surface area contributed by atoms with E-state index >= 15 is 0 Å². The first kappa shape index (κ1) is 28.9. The van der Waals surface area contributed by atoms with Crippen LogP contribution in [0, 0.1) is 22.7 Å². The Hall–Kier alpha value is 0.820. The van der Waals surface area contributed by atoms with Crippen LogP contribution in [-0.4, -0.2) is 8.07 Å². The van der Waals surface area contributed by atoms with E-state index in [1.807, 2.05) is 0 Å². The zero-order valence-corrected chi connectivity index (χ0v) is 25.8. The number of allylic oxidation sites excluding steroid dienone is 12. The molecule has 2 heterocycles. The van der Waals surface area contributed by atoms with Gasteiger partial charge in [0.15, 0.2) is 0 Å². The minimum atomic E-state index is -1.82. The van der Waals surface area contributed by atoms with Crippen LogP contribution in [0.4, 0.5) is 0 Å².